The van der Waals surface area contributed by atoms with Crippen molar-refractivity contribution in [3.05, 3.63) is 95.8 Å². The van der Waals surface area contributed by atoms with Crippen molar-refractivity contribution in [1.82, 2.24) is 19.8 Å². The first kappa shape index (κ1) is 21.9. The van der Waals surface area contributed by atoms with E-state index in [1.807, 2.05) is 47.4 Å². The topological polar surface area (TPSA) is 78.5 Å². The molecule has 0 spiro atoms. The average molecular weight is 455 g/mol. The SMILES string of the molecule is CC(=O)Oc1ccccc1C(=O)N1CCN(Cc2ccccc2)CC1c1nc2ccccc2[nH]1. The number of nitrogens with one attached hydrogen (secondary N) is 1. The van der Waals surface area contributed by atoms with Gasteiger partial charge in [0.15, 0.2) is 0 Å². The van der Waals surface area contributed by atoms with Crippen molar-refractivity contribution in [2.45, 2.75) is 19.5 Å². The molecule has 5 rings (SSSR count). The molecule has 172 valence electrons. The predicted molar refractivity (Wildman–Crippen MR) is 129 cm³/mol. The zero-order chi connectivity index (χ0) is 23.5. The van der Waals surface area contributed by atoms with Crippen LogP contribution >= 0.6 is 0 Å². The number of para-hydroxylation sites is 3. The molecule has 1 unspecified atom stereocenters. The van der Waals surface area contributed by atoms with Crippen molar-refractivity contribution in [3.8, 4) is 5.75 Å². The van der Waals surface area contributed by atoms with Gasteiger partial charge in [0.05, 0.1) is 16.6 Å². The number of fused-ring (bicyclic) bond motifs is 1. The molecule has 1 atom stereocenters. The molecule has 2 heterocycles. The van der Waals surface area contributed by atoms with E-state index < -0.39 is 5.97 Å². The number of imidazole rings is 1. The Hall–Kier alpha value is -3.97. The molecule has 4 aromatic rings. The number of carbonyl (C=O) groups excluding carboxylic acids is 2. The van der Waals surface area contributed by atoms with E-state index in [1.54, 1.807) is 24.3 Å². The quantitative estimate of drug-likeness (QED) is 0.361. The molecule has 0 aliphatic carbocycles. The van der Waals surface area contributed by atoms with Crippen LogP contribution < -0.4 is 4.74 Å². The molecule has 0 bridgehead atoms. The molecule has 1 aliphatic heterocycles. The number of carbonyl (C=O) groups is 2. The number of aromatic amines is 1. The van der Waals surface area contributed by atoms with Crippen LogP contribution in [0.15, 0.2) is 78.9 Å². The Morgan fingerprint density at radius 1 is 0.971 bits per heavy atom. The highest BCUT2D eigenvalue weighted by atomic mass is 16.5. The van der Waals surface area contributed by atoms with Gasteiger partial charge >= 0.3 is 5.97 Å². The fraction of sp³-hybridized carbons (Fsp3) is 0.222. The molecule has 7 heteroatoms. The maximum atomic E-state index is 13.7. The van der Waals surface area contributed by atoms with E-state index in [1.165, 1.54) is 12.5 Å². The van der Waals surface area contributed by atoms with Crippen LogP contribution in [0, 0.1) is 0 Å². The second kappa shape index (κ2) is 9.49. The molecule has 1 aliphatic rings. The number of H-pyrrole nitrogens is 1. The number of benzene rings is 3. The number of aromatic nitrogens is 2. The van der Waals surface area contributed by atoms with Crippen molar-refractivity contribution in [2.75, 3.05) is 19.6 Å². The van der Waals surface area contributed by atoms with E-state index in [9.17, 15) is 9.59 Å². The molecule has 1 N–H and O–H groups in total. The molecule has 1 fully saturated rings. The van der Waals surface area contributed by atoms with E-state index >= 15 is 0 Å². The van der Waals surface area contributed by atoms with E-state index in [2.05, 4.69) is 22.0 Å². The van der Waals surface area contributed by atoms with Crippen molar-refractivity contribution in [2.24, 2.45) is 0 Å². The highest BCUT2D eigenvalue weighted by molar-refractivity contribution is 5.98. The van der Waals surface area contributed by atoms with Crippen molar-refractivity contribution in [1.29, 1.82) is 0 Å². The van der Waals surface area contributed by atoms with Gasteiger partial charge in [-0.05, 0) is 29.8 Å². The zero-order valence-electron chi connectivity index (χ0n) is 19.0. The summed E-state index contributed by atoms with van der Waals surface area (Å²) in [6, 6.07) is 24.8. The van der Waals surface area contributed by atoms with Gasteiger partial charge in [0.2, 0.25) is 0 Å². The van der Waals surface area contributed by atoms with Crippen LogP contribution in [0.5, 0.6) is 5.75 Å². The zero-order valence-corrected chi connectivity index (χ0v) is 19.0. The molecule has 0 saturated carbocycles. The normalized spacial score (nSPS) is 16.5. The lowest BCUT2D eigenvalue weighted by molar-refractivity contribution is -0.131. The molecule has 3 aromatic carbocycles. The summed E-state index contributed by atoms with van der Waals surface area (Å²) in [5.74, 6) is 0.385. The van der Waals surface area contributed by atoms with E-state index in [0.717, 1.165) is 29.9 Å². The molecule has 7 nitrogen and oxygen atoms in total. The standard InChI is InChI=1S/C27H26N4O3/c1-19(32)34-25-14-8-5-11-21(25)27(33)31-16-15-30(17-20-9-3-2-4-10-20)18-24(31)26-28-22-12-6-7-13-23(22)29-26/h2-14,24H,15-18H2,1H3,(H,28,29). The first-order valence-electron chi connectivity index (χ1n) is 11.4. The molecule has 0 radical (unpaired) electrons. The van der Waals surface area contributed by atoms with E-state index in [-0.39, 0.29) is 17.7 Å². The molecule has 1 amide bonds. The van der Waals surface area contributed by atoms with E-state index in [0.29, 0.717) is 18.7 Å². The average Bonchev–Trinajstić information content (AvgIpc) is 3.29. The van der Waals surface area contributed by atoms with Crippen molar-refractivity contribution in [3.63, 3.8) is 0 Å². The Morgan fingerprint density at radius 2 is 1.71 bits per heavy atom. The number of esters is 1. The second-order valence-corrected chi connectivity index (χ2v) is 8.46. The first-order valence-corrected chi connectivity index (χ1v) is 11.4. The Kier molecular flexibility index (Phi) is 6.10. The van der Waals surface area contributed by atoms with Gasteiger partial charge in [-0.15, -0.1) is 0 Å². The number of amides is 1. The van der Waals surface area contributed by atoms with E-state index in [4.69, 9.17) is 9.72 Å². The van der Waals surface area contributed by atoms with Crippen LogP contribution in [-0.4, -0.2) is 51.3 Å². The summed E-state index contributed by atoms with van der Waals surface area (Å²) >= 11 is 0. The smallest absolute Gasteiger partial charge is 0.308 e. The monoisotopic (exact) mass is 454 g/mol. The Balaban J connectivity index is 1.48. The van der Waals surface area contributed by atoms with Crippen LogP contribution in [-0.2, 0) is 11.3 Å². The van der Waals surface area contributed by atoms with Gasteiger partial charge in [0, 0.05) is 33.1 Å². The van der Waals surface area contributed by atoms with Crippen LogP contribution in [0.25, 0.3) is 11.0 Å². The minimum atomic E-state index is -0.457. The van der Waals surface area contributed by atoms with Crippen molar-refractivity contribution < 1.29 is 14.3 Å². The highest BCUT2D eigenvalue weighted by Crippen LogP contribution is 2.30. The molecule has 1 saturated heterocycles. The maximum Gasteiger partial charge on any atom is 0.308 e. The Labute approximate surface area is 198 Å². The third-order valence-electron chi connectivity index (χ3n) is 6.07. The van der Waals surface area contributed by atoms with Gasteiger partial charge in [-0.2, -0.15) is 0 Å². The maximum absolute atomic E-state index is 13.7. The number of nitrogens with zero attached hydrogens (tertiary/aromatic N) is 3. The number of piperazine rings is 1. The van der Waals surface area contributed by atoms with Gasteiger partial charge in [-0.1, -0.05) is 54.6 Å². The minimum Gasteiger partial charge on any atom is -0.426 e. The summed E-state index contributed by atoms with van der Waals surface area (Å²) in [5.41, 5.74) is 3.40. The lowest BCUT2D eigenvalue weighted by Crippen LogP contribution is -2.50. The largest absolute Gasteiger partial charge is 0.426 e. The van der Waals surface area contributed by atoms with Gasteiger partial charge < -0.3 is 14.6 Å². The molecule has 34 heavy (non-hydrogen) atoms. The van der Waals surface area contributed by atoms with Gasteiger partial charge in [0.1, 0.15) is 17.6 Å². The van der Waals surface area contributed by atoms with Crippen molar-refractivity contribution >= 4 is 22.9 Å². The third kappa shape index (κ3) is 4.56. The fourth-order valence-corrected chi connectivity index (χ4v) is 4.47. The Bertz CT molecular complexity index is 1280. The lowest BCUT2D eigenvalue weighted by Gasteiger charge is -2.40. The molecular formula is C27H26N4O3. The third-order valence-corrected chi connectivity index (χ3v) is 6.07. The summed E-state index contributed by atoms with van der Waals surface area (Å²) in [4.78, 5) is 37.7. The first-order chi connectivity index (χ1) is 16.6. The summed E-state index contributed by atoms with van der Waals surface area (Å²) < 4.78 is 5.33. The van der Waals surface area contributed by atoms with Crippen LogP contribution in [0.2, 0.25) is 0 Å². The lowest BCUT2D eigenvalue weighted by atomic mass is 10.1. The highest BCUT2D eigenvalue weighted by Gasteiger charge is 2.35. The summed E-state index contributed by atoms with van der Waals surface area (Å²) in [5, 5.41) is 0. The van der Waals surface area contributed by atoms with Gasteiger partial charge in [-0.25, -0.2) is 4.98 Å². The second-order valence-electron chi connectivity index (χ2n) is 8.46. The van der Waals surface area contributed by atoms with Gasteiger partial charge in [0.25, 0.3) is 5.91 Å². The number of hydrogen-bond donors (Lipinski definition) is 1. The van der Waals surface area contributed by atoms with Crippen LogP contribution in [0.4, 0.5) is 0 Å². The minimum absolute atomic E-state index is 0.179. The number of hydrogen-bond acceptors (Lipinski definition) is 5. The Morgan fingerprint density at radius 3 is 2.50 bits per heavy atom. The number of rotatable bonds is 5. The molecular weight excluding hydrogens is 428 g/mol. The van der Waals surface area contributed by atoms with Crippen LogP contribution in [0.1, 0.15) is 34.7 Å². The summed E-state index contributed by atoms with van der Waals surface area (Å²) in [6.07, 6.45) is 0. The predicted octanol–water partition coefficient (Wildman–Crippen LogP) is 4.19. The summed E-state index contributed by atoms with van der Waals surface area (Å²) in [6.45, 7) is 4.02. The fourth-order valence-electron chi connectivity index (χ4n) is 4.47. The van der Waals surface area contributed by atoms with Gasteiger partial charge in [-0.3, -0.25) is 14.5 Å². The summed E-state index contributed by atoms with van der Waals surface area (Å²) in [7, 11) is 0. The van der Waals surface area contributed by atoms with Crippen LogP contribution in [0.3, 0.4) is 0 Å². The molecule has 1 aromatic heterocycles. The number of ether oxygens (including phenoxy) is 1.